The molecule has 2 rings (SSSR count). The fourth-order valence-corrected chi connectivity index (χ4v) is 2.30. The molecule has 1 aromatic carbocycles. The summed E-state index contributed by atoms with van der Waals surface area (Å²) in [5, 5.41) is 2.93. The molecular weight excluding hydrogens is 435 g/mol. The van der Waals surface area contributed by atoms with Gasteiger partial charge in [0.2, 0.25) is 10.0 Å². The van der Waals surface area contributed by atoms with Gasteiger partial charge >= 0.3 is 0 Å². The molecule has 23 heavy (non-hydrogen) atoms. The maximum absolute atomic E-state index is 10.9. The number of nitrogens with two attached hydrogens (primary N) is 1. The summed E-state index contributed by atoms with van der Waals surface area (Å²) >= 11 is 0. The molecule has 1 heterocycles. The van der Waals surface area contributed by atoms with E-state index in [0.29, 0.717) is 24.7 Å². The van der Waals surface area contributed by atoms with E-state index in [1.54, 1.807) is 6.07 Å². The monoisotopic (exact) mass is 456 g/mol. The summed E-state index contributed by atoms with van der Waals surface area (Å²) in [7, 11) is -3.21. The highest BCUT2D eigenvalue weighted by atomic mass is 127. The number of sulfonamides is 1. The van der Waals surface area contributed by atoms with E-state index in [0.717, 1.165) is 18.4 Å². The Balaban J connectivity index is 0.00000264. The van der Waals surface area contributed by atoms with Crippen molar-refractivity contribution in [2.45, 2.75) is 6.42 Å². The number of anilines is 1. The molecule has 130 valence electrons. The minimum absolute atomic E-state index is 0. The first kappa shape index (κ1) is 19.8. The lowest BCUT2D eigenvalue weighted by Crippen LogP contribution is -2.27. The third-order valence-corrected chi connectivity index (χ3v) is 3.51. The van der Waals surface area contributed by atoms with Crippen LogP contribution in [0.1, 0.15) is 6.42 Å². The van der Waals surface area contributed by atoms with E-state index in [1.807, 2.05) is 12.1 Å². The second-order valence-corrected chi connectivity index (χ2v) is 6.60. The molecule has 0 spiro atoms. The first-order valence-corrected chi connectivity index (χ1v) is 8.74. The van der Waals surface area contributed by atoms with Gasteiger partial charge in [-0.05, 0) is 12.1 Å². The third kappa shape index (κ3) is 7.22. The van der Waals surface area contributed by atoms with Crippen LogP contribution in [0.2, 0.25) is 0 Å². The van der Waals surface area contributed by atoms with Crippen LogP contribution < -0.4 is 25.2 Å². The fourth-order valence-electron chi connectivity index (χ4n) is 1.84. The van der Waals surface area contributed by atoms with E-state index >= 15 is 0 Å². The zero-order valence-corrected chi connectivity index (χ0v) is 15.9. The number of aliphatic imine (C=N–C) groups is 1. The molecule has 0 aromatic heterocycles. The average Bonchev–Trinajstić information content (AvgIpc) is 2.67. The van der Waals surface area contributed by atoms with Gasteiger partial charge in [-0.3, -0.25) is 4.99 Å². The van der Waals surface area contributed by atoms with Crippen LogP contribution in [0.4, 0.5) is 5.69 Å². The van der Waals surface area contributed by atoms with E-state index in [-0.39, 0.29) is 43.0 Å². The quantitative estimate of drug-likeness (QED) is 0.261. The van der Waals surface area contributed by atoms with E-state index in [1.165, 1.54) is 0 Å². The molecule has 10 heteroatoms. The molecule has 8 nitrogen and oxygen atoms in total. The summed E-state index contributed by atoms with van der Waals surface area (Å²) < 4.78 is 35.3. The van der Waals surface area contributed by atoms with Gasteiger partial charge in [-0.1, -0.05) is 0 Å². The predicted octanol–water partition coefficient (Wildman–Crippen LogP) is 0.742. The highest BCUT2D eigenvalue weighted by Gasteiger charge is 2.10. The smallest absolute Gasteiger partial charge is 0.208 e. The summed E-state index contributed by atoms with van der Waals surface area (Å²) in [4.78, 5) is 4.04. The first-order chi connectivity index (χ1) is 10.4. The standard InChI is InChI=1S/C13H20N4O4S.HI/c1-22(18,19)16-6-5-15-13(14)17-10-3-4-11-12(9-10)21-8-2-7-20-11;/h3-4,9,16H,2,5-8H2,1H3,(H3,14,15,17);1H. The van der Waals surface area contributed by atoms with Crippen molar-refractivity contribution < 1.29 is 17.9 Å². The van der Waals surface area contributed by atoms with Crippen molar-refractivity contribution in [1.82, 2.24) is 4.72 Å². The number of hydrogen-bond acceptors (Lipinski definition) is 5. The van der Waals surface area contributed by atoms with Crippen LogP contribution in [-0.2, 0) is 10.0 Å². The molecule has 0 fully saturated rings. The van der Waals surface area contributed by atoms with Crippen molar-refractivity contribution in [2.24, 2.45) is 10.7 Å². The molecule has 4 N–H and O–H groups in total. The Bertz CT molecular complexity index is 651. The van der Waals surface area contributed by atoms with Gasteiger partial charge in [0, 0.05) is 24.7 Å². The van der Waals surface area contributed by atoms with E-state index in [4.69, 9.17) is 15.2 Å². The van der Waals surface area contributed by atoms with Gasteiger partial charge in [-0.2, -0.15) is 0 Å². The summed E-state index contributed by atoms with van der Waals surface area (Å²) in [5.41, 5.74) is 6.48. The van der Waals surface area contributed by atoms with Gasteiger partial charge in [0.1, 0.15) is 0 Å². The van der Waals surface area contributed by atoms with Crippen LogP contribution in [0.3, 0.4) is 0 Å². The van der Waals surface area contributed by atoms with Crippen molar-refractivity contribution in [1.29, 1.82) is 0 Å². The Kier molecular flexibility index (Phi) is 7.85. The lowest BCUT2D eigenvalue weighted by molar-refractivity contribution is 0.297. The molecule has 0 unspecified atom stereocenters. The fraction of sp³-hybridized carbons (Fsp3) is 0.462. The minimum Gasteiger partial charge on any atom is -0.490 e. The molecule has 0 amide bonds. The number of ether oxygens (including phenoxy) is 2. The summed E-state index contributed by atoms with van der Waals surface area (Å²) in [6.07, 6.45) is 1.93. The second-order valence-electron chi connectivity index (χ2n) is 4.77. The van der Waals surface area contributed by atoms with E-state index < -0.39 is 10.0 Å². The summed E-state index contributed by atoms with van der Waals surface area (Å²) in [6.45, 7) is 1.69. The topological polar surface area (TPSA) is 115 Å². The third-order valence-electron chi connectivity index (χ3n) is 2.78. The number of halogens is 1. The van der Waals surface area contributed by atoms with Crippen molar-refractivity contribution in [2.75, 3.05) is 37.9 Å². The zero-order valence-electron chi connectivity index (χ0n) is 12.7. The SMILES string of the molecule is CS(=O)(=O)NCCN=C(N)Nc1ccc2c(c1)OCCCO2.I. The predicted molar refractivity (Wildman–Crippen MR) is 100 cm³/mol. The maximum atomic E-state index is 10.9. The van der Waals surface area contributed by atoms with Gasteiger partial charge in [-0.25, -0.2) is 13.1 Å². The Hall–Kier alpha value is -1.27. The number of nitrogens with one attached hydrogen (secondary N) is 2. The van der Waals surface area contributed by atoms with Gasteiger partial charge in [0.25, 0.3) is 0 Å². The van der Waals surface area contributed by atoms with Gasteiger partial charge < -0.3 is 20.5 Å². The highest BCUT2D eigenvalue weighted by Crippen LogP contribution is 2.32. The lowest BCUT2D eigenvalue weighted by atomic mass is 10.3. The molecule has 0 radical (unpaired) electrons. The van der Waals surface area contributed by atoms with Crippen LogP contribution in [0, 0.1) is 0 Å². The van der Waals surface area contributed by atoms with Crippen molar-refractivity contribution >= 4 is 45.6 Å². The van der Waals surface area contributed by atoms with E-state index in [2.05, 4.69) is 15.0 Å². The summed E-state index contributed by atoms with van der Waals surface area (Å²) in [5.74, 6) is 1.56. The molecular formula is C13H21IN4O4S. The lowest BCUT2D eigenvalue weighted by Gasteiger charge is -2.10. The molecule has 0 bridgehead atoms. The average molecular weight is 456 g/mol. The van der Waals surface area contributed by atoms with Crippen molar-refractivity contribution in [3.8, 4) is 11.5 Å². The first-order valence-electron chi connectivity index (χ1n) is 6.85. The molecule has 0 saturated carbocycles. The molecule has 0 aliphatic carbocycles. The van der Waals surface area contributed by atoms with Crippen molar-refractivity contribution in [3.05, 3.63) is 18.2 Å². The largest absolute Gasteiger partial charge is 0.490 e. The molecule has 0 atom stereocenters. The molecule has 0 saturated heterocycles. The number of benzene rings is 1. The van der Waals surface area contributed by atoms with E-state index in [9.17, 15) is 8.42 Å². The maximum Gasteiger partial charge on any atom is 0.208 e. The zero-order chi connectivity index (χ0) is 16.0. The molecule has 1 aliphatic rings. The van der Waals surface area contributed by atoms with Crippen LogP contribution in [0.15, 0.2) is 23.2 Å². The van der Waals surface area contributed by atoms with Gasteiger partial charge in [0.15, 0.2) is 17.5 Å². The normalized spacial score (nSPS) is 14.6. The molecule has 1 aliphatic heterocycles. The van der Waals surface area contributed by atoms with Gasteiger partial charge in [0.05, 0.1) is 26.0 Å². The summed E-state index contributed by atoms with van der Waals surface area (Å²) in [6, 6.07) is 5.41. The van der Waals surface area contributed by atoms with Crippen LogP contribution in [0.5, 0.6) is 11.5 Å². The number of nitrogens with zero attached hydrogens (tertiary/aromatic N) is 1. The number of guanidine groups is 1. The molecule has 1 aromatic rings. The van der Waals surface area contributed by atoms with Crippen LogP contribution >= 0.6 is 24.0 Å². The Morgan fingerprint density at radius 3 is 2.70 bits per heavy atom. The highest BCUT2D eigenvalue weighted by molar-refractivity contribution is 14.0. The van der Waals surface area contributed by atoms with Crippen LogP contribution in [-0.4, -0.2) is 46.9 Å². The number of fused-ring (bicyclic) bond motifs is 1. The van der Waals surface area contributed by atoms with Gasteiger partial charge in [-0.15, -0.1) is 24.0 Å². The number of hydrogen-bond donors (Lipinski definition) is 3. The second kappa shape index (κ2) is 9.13. The van der Waals surface area contributed by atoms with Crippen molar-refractivity contribution in [3.63, 3.8) is 0 Å². The number of rotatable bonds is 5. The Morgan fingerprint density at radius 2 is 2.00 bits per heavy atom. The Morgan fingerprint density at radius 1 is 1.30 bits per heavy atom. The minimum atomic E-state index is -3.21. The Labute approximate surface area is 152 Å². The van der Waals surface area contributed by atoms with Crippen LogP contribution in [0.25, 0.3) is 0 Å².